The van der Waals surface area contributed by atoms with Gasteiger partial charge in [-0.05, 0) is 12.0 Å². The van der Waals surface area contributed by atoms with Gasteiger partial charge in [0.05, 0.1) is 17.6 Å². The van der Waals surface area contributed by atoms with Gasteiger partial charge in [-0.1, -0.05) is 19.9 Å². The number of rotatable bonds is 6. The van der Waals surface area contributed by atoms with Gasteiger partial charge < -0.3 is 10.1 Å². The van der Waals surface area contributed by atoms with E-state index in [9.17, 15) is 14.9 Å². The number of nitrogens with one attached hydrogen (secondary N) is 1. The average molecular weight is 321 g/mol. The largest absolute Gasteiger partial charge is 0.374 e. The molecule has 0 aliphatic carbocycles. The Hall–Kier alpha value is -1.99. The van der Waals surface area contributed by atoms with Crippen molar-refractivity contribution >= 4 is 11.6 Å². The summed E-state index contributed by atoms with van der Waals surface area (Å²) in [5.74, 6) is 0.270. The lowest BCUT2D eigenvalue weighted by Crippen LogP contribution is -2.48. The second kappa shape index (κ2) is 8.03. The molecule has 7 nitrogen and oxygen atoms in total. The van der Waals surface area contributed by atoms with E-state index in [0.717, 1.165) is 19.6 Å². The third-order valence-electron chi connectivity index (χ3n) is 3.66. The molecule has 7 heteroatoms. The molecule has 1 aliphatic rings. The Kier molecular flexibility index (Phi) is 6.06. The Morgan fingerprint density at radius 3 is 3.00 bits per heavy atom. The van der Waals surface area contributed by atoms with Crippen molar-refractivity contribution in [2.24, 2.45) is 5.92 Å². The van der Waals surface area contributed by atoms with Crippen LogP contribution in [-0.4, -0.2) is 54.6 Å². The summed E-state index contributed by atoms with van der Waals surface area (Å²) >= 11 is 0. The minimum Gasteiger partial charge on any atom is -0.374 e. The topological polar surface area (TPSA) is 84.7 Å². The second-order valence-corrected chi connectivity index (χ2v) is 6.16. The summed E-state index contributed by atoms with van der Waals surface area (Å²) in [6.45, 7) is 8.11. The number of amides is 1. The molecule has 0 saturated carbocycles. The molecule has 23 heavy (non-hydrogen) atoms. The lowest BCUT2D eigenvalue weighted by Gasteiger charge is -2.33. The van der Waals surface area contributed by atoms with Gasteiger partial charge in [0.1, 0.15) is 0 Å². The maximum Gasteiger partial charge on any atom is 0.270 e. The fraction of sp³-hybridized carbons (Fsp3) is 0.562. The van der Waals surface area contributed by atoms with Gasteiger partial charge in [0.15, 0.2) is 0 Å². The molecule has 1 amide bonds. The molecule has 1 N–H and O–H groups in total. The van der Waals surface area contributed by atoms with E-state index in [2.05, 4.69) is 24.1 Å². The van der Waals surface area contributed by atoms with Crippen molar-refractivity contribution in [1.82, 2.24) is 10.2 Å². The fourth-order valence-electron chi connectivity index (χ4n) is 2.66. The van der Waals surface area contributed by atoms with Gasteiger partial charge in [-0.15, -0.1) is 0 Å². The van der Waals surface area contributed by atoms with E-state index in [1.807, 2.05) is 0 Å². The number of carbonyl (C=O) groups excluding carboxylic acids is 1. The van der Waals surface area contributed by atoms with Gasteiger partial charge in [0.25, 0.3) is 11.6 Å². The molecule has 1 fully saturated rings. The van der Waals surface area contributed by atoms with Crippen LogP contribution in [0.4, 0.5) is 5.69 Å². The summed E-state index contributed by atoms with van der Waals surface area (Å²) in [5.41, 5.74) is 0.198. The number of nitro benzene ring substituents is 1. The van der Waals surface area contributed by atoms with E-state index in [1.54, 1.807) is 6.07 Å². The van der Waals surface area contributed by atoms with Crippen molar-refractivity contribution in [3.8, 4) is 0 Å². The van der Waals surface area contributed by atoms with E-state index in [0.29, 0.717) is 19.1 Å². The molecule has 0 bridgehead atoms. The number of carbonyl (C=O) groups is 1. The zero-order valence-corrected chi connectivity index (χ0v) is 13.5. The second-order valence-electron chi connectivity index (χ2n) is 6.16. The first-order valence-corrected chi connectivity index (χ1v) is 7.82. The van der Waals surface area contributed by atoms with Crippen molar-refractivity contribution in [2.45, 2.75) is 20.0 Å². The maximum atomic E-state index is 12.1. The highest BCUT2D eigenvalue weighted by Gasteiger charge is 2.21. The molecule has 1 atom stereocenters. The Balaban J connectivity index is 1.86. The minimum atomic E-state index is -0.509. The number of hydrogen-bond donors (Lipinski definition) is 1. The molecule has 0 spiro atoms. The molecule has 0 unspecified atom stereocenters. The van der Waals surface area contributed by atoms with Crippen LogP contribution >= 0.6 is 0 Å². The summed E-state index contributed by atoms with van der Waals surface area (Å²) in [6.07, 6.45) is -0.0508. The van der Waals surface area contributed by atoms with E-state index >= 15 is 0 Å². The highest BCUT2D eigenvalue weighted by atomic mass is 16.6. The highest BCUT2D eigenvalue weighted by molar-refractivity contribution is 5.94. The van der Waals surface area contributed by atoms with Gasteiger partial charge in [0, 0.05) is 43.9 Å². The fourth-order valence-corrected chi connectivity index (χ4v) is 2.66. The first kappa shape index (κ1) is 17.4. The predicted octanol–water partition coefficient (Wildman–Crippen LogP) is 1.68. The Bertz CT molecular complexity index is 562. The van der Waals surface area contributed by atoms with Crippen LogP contribution in [0.2, 0.25) is 0 Å². The molecule has 0 aromatic heterocycles. The van der Waals surface area contributed by atoms with Crippen LogP contribution < -0.4 is 5.32 Å². The zero-order valence-electron chi connectivity index (χ0n) is 13.5. The number of ether oxygens (including phenoxy) is 1. The van der Waals surface area contributed by atoms with Crippen LogP contribution in [0.3, 0.4) is 0 Å². The first-order valence-electron chi connectivity index (χ1n) is 7.82. The van der Waals surface area contributed by atoms with Gasteiger partial charge in [0.2, 0.25) is 0 Å². The zero-order chi connectivity index (χ0) is 16.8. The van der Waals surface area contributed by atoms with E-state index in [1.165, 1.54) is 18.2 Å². The monoisotopic (exact) mass is 321 g/mol. The molecule has 1 aromatic carbocycles. The number of morpholine rings is 1. The van der Waals surface area contributed by atoms with Crippen molar-refractivity contribution in [1.29, 1.82) is 0 Å². The van der Waals surface area contributed by atoms with Crippen LogP contribution in [0.25, 0.3) is 0 Å². The SMILES string of the molecule is CC(C)CN1CCO[C@@H](CNC(=O)c2cccc([N+](=O)[O-])c2)C1. The molecule has 1 saturated heterocycles. The van der Waals surface area contributed by atoms with E-state index in [4.69, 9.17) is 4.74 Å². The van der Waals surface area contributed by atoms with Crippen LogP contribution in [0.1, 0.15) is 24.2 Å². The molecule has 1 aromatic rings. The summed E-state index contributed by atoms with van der Waals surface area (Å²) in [6, 6.07) is 5.72. The van der Waals surface area contributed by atoms with Gasteiger partial charge in [-0.3, -0.25) is 19.8 Å². The van der Waals surface area contributed by atoms with Crippen LogP contribution in [-0.2, 0) is 4.74 Å². The average Bonchev–Trinajstić information content (AvgIpc) is 2.52. The number of benzene rings is 1. The van der Waals surface area contributed by atoms with Crippen molar-refractivity contribution in [3.05, 3.63) is 39.9 Å². The van der Waals surface area contributed by atoms with Crippen molar-refractivity contribution in [3.63, 3.8) is 0 Å². The van der Waals surface area contributed by atoms with Gasteiger partial charge in [-0.25, -0.2) is 0 Å². The summed E-state index contributed by atoms with van der Waals surface area (Å²) in [4.78, 5) is 24.7. The quantitative estimate of drug-likeness (QED) is 0.636. The van der Waals surface area contributed by atoms with Crippen molar-refractivity contribution < 1.29 is 14.5 Å². The number of hydrogen-bond acceptors (Lipinski definition) is 5. The Morgan fingerprint density at radius 1 is 1.52 bits per heavy atom. The van der Waals surface area contributed by atoms with Crippen LogP contribution in [0.15, 0.2) is 24.3 Å². The Labute approximate surface area is 135 Å². The molecule has 0 radical (unpaired) electrons. The van der Waals surface area contributed by atoms with Crippen LogP contribution in [0.5, 0.6) is 0 Å². The number of non-ortho nitro benzene ring substituents is 1. The Morgan fingerprint density at radius 2 is 2.30 bits per heavy atom. The molecular formula is C16H23N3O4. The number of nitrogens with zero attached hydrogens (tertiary/aromatic N) is 2. The van der Waals surface area contributed by atoms with Crippen molar-refractivity contribution in [2.75, 3.05) is 32.8 Å². The van der Waals surface area contributed by atoms with E-state index in [-0.39, 0.29) is 23.3 Å². The predicted molar refractivity (Wildman–Crippen MR) is 86.4 cm³/mol. The molecule has 1 heterocycles. The first-order chi connectivity index (χ1) is 11.0. The van der Waals surface area contributed by atoms with Crippen LogP contribution in [0, 0.1) is 16.0 Å². The smallest absolute Gasteiger partial charge is 0.270 e. The third kappa shape index (κ3) is 5.30. The standard InChI is InChI=1S/C16H23N3O4/c1-12(2)10-18-6-7-23-15(11-18)9-17-16(20)13-4-3-5-14(8-13)19(21)22/h3-5,8,12,15H,6-7,9-11H2,1-2H3,(H,17,20)/t15-/m0/s1. The lowest BCUT2D eigenvalue weighted by atomic mass is 10.1. The molecular weight excluding hydrogens is 298 g/mol. The molecule has 126 valence electrons. The third-order valence-corrected chi connectivity index (χ3v) is 3.66. The lowest BCUT2D eigenvalue weighted by molar-refractivity contribution is -0.384. The van der Waals surface area contributed by atoms with Gasteiger partial charge >= 0.3 is 0 Å². The highest BCUT2D eigenvalue weighted by Crippen LogP contribution is 2.13. The minimum absolute atomic E-state index is 0.0508. The summed E-state index contributed by atoms with van der Waals surface area (Å²) in [7, 11) is 0. The normalized spacial score (nSPS) is 18.8. The van der Waals surface area contributed by atoms with Gasteiger partial charge in [-0.2, -0.15) is 0 Å². The summed E-state index contributed by atoms with van der Waals surface area (Å²) in [5, 5.41) is 13.5. The molecule has 1 aliphatic heterocycles. The molecule has 2 rings (SSSR count). The number of nitro groups is 1. The summed E-state index contributed by atoms with van der Waals surface area (Å²) < 4.78 is 5.67. The van der Waals surface area contributed by atoms with E-state index < -0.39 is 4.92 Å². The maximum absolute atomic E-state index is 12.1.